The number of alkyl carbamates (subject to hydrolysis) is 1. The number of ether oxygens (including phenoxy) is 1. The van der Waals surface area contributed by atoms with Crippen LogP contribution in [0.1, 0.15) is 34.1 Å². The summed E-state index contributed by atoms with van der Waals surface area (Å²) in [4.78, 5) is 15.1. The van der Waals surface area contributed by atoms with Crippen molar-refractivity contribution >= 4 is 22.0 Å². The lowest BCUT2D eigenvalue weighted by molar-refractivity contribution is 0.0518. The third kappa shape index (κ3) is 5.75. The van der Waals surface area contributed by atoms with Crippen LogP contribution in [0.2, 0.25) is 0 Å². The fourth-order valence-corrected chi connectivity index (χ4v) is 1.12. The molecule has 0 unspecified atom stereocenters. The highest BCUT2D eigenvalue weighted by Gasteiger charge is 2.16. The Balaban J connectivity index is 0.00000225. The van der Waals surface area contributed by atoms with E-state index in [1.807, 2.05) is 0 Å². The highest BCUT2D eigenvalue weighted by Crippen LogP contribution is 2.10. The lowest BCUT2D eigenvalue weighted by Crippen LogP contribution is -2.32. The van der Waals surface area contributed by atoms with Gasteiger partial charge in [0.2, 0.25) is 5.89 Å². The van der Waals surface area contributed by atoms with Crippen molar-refractivity contribution in [1.82, 2.24) is 10.3 Å². The third-order valence-electron chi connectivity index (χ3n) is 1.31. The normalized spacial score (nSPS) is 10.5. The molecule has 1 aromatic heterocycles. The number of oxazole rings is 1. The quantitative estimate of drug-likeness (QED) is 0.910. The summed E-state index contributed by atoms with van der Waals surface area (Å²) in [6.45, 7) is 5.61. The predicted octanol–water partition coefficient (Wildman–Crippen LogP) is 3.10. The minimum atomic E-state index is -0.499. The topological polar surface area (TPSA) is 64.4 Å². The average molecular weight is 293 g/mol. The summed E-state index contributed by atoms with van der Waals surface area (Å²) >= 11 is 3.11. The predicted molar refractivity (Wildman–Crippen MR) is 64.0 cm³/mol. The first-order valence-electron chi connectivity index (χ1n) is 4.44. The molecule has 0 spiro atoms. The Kier molecular flexibility index (Phi) is 5.50. The molecule has 0 bridgehead atoms. The minimum Gasteiger partial charge on any atom is -0.444 e. The standard InChI is InChI=1S/C9H13BrN2O3.CH4/c1-9(2,3)15-8(13)12-5-7-11-4-6(10)14-7;/h4H,5H2,1-3H3,(H,12,13);1H4. The monoisotopic (exact) mass is 292 g/mol. The second-order valence-corrected chi connectivity index (χ2v) is 4.70. The van der Waals surface area contributed by atoms with Crippen molar-refractivity contribution < 1.29 is 13.9 Å². The van der Waals surface area contributed by atoms with Crippen LogP contribution in [0.5, 0.6) is 0 Å². The molecule has 0 saturated heterocycles. The van der Waals surface area contributed by atoms with Gasteiger partial charge in [-0.25, -0.2) is 9.78 Å². The van der Waals surface area contributed by atoms with Crippen LogP contribution >= 0.6 is 15.9 Å². The molecule has 1 aromatic rings. The van der Waals surface area contributed by atoms with Gasteiger partial charge in [-0.15, -0.1) is 0 Å². The van der Waals surface area contributed by atoms with E-state index in [1.54, 1.807) is 20.8 Å². The lowest BCUT2D eigenvalue weighted by atomic mass is 10.2. The van der Waals surface area contributed by atoms with Crippen LogP contribution in [0.3, 0.4) is 0 Å². The Morgan fingerprint density at radius 3 is 2.69 bits per heavy atom. The van der Waals surface area contributed by atoms with E-state index < -0.39 is 11.7 Å². The van der Waals surface area contributed by atoms with E-state index in [0.29, 0.717) is 10.6 Å². The van der Waals surface area contributed by atoms with Crippen molar-refractivity contribution in [2.24, 2.45) is 0 Å². The minimum absolute atomic E-state index is 0. The van der Waals surface area contributed by atoms with Gasteiger partial charge in [-0.3, -0.25) is 0 Å². The van der Waals surface area contributed by atoms with E-state index in [2.05, 4.69) is 26.2 Å². The second kappa shape index (κ2) is 5.89. The Morgan fingerprint density at radius 1 is 1.62 bits per heavy atom. The van der Waals surface area contributed by atoms with Crippen LogP contribution in [-0.4, -0.2) is 16.7 Å². The van der Waals surface area contributed by atoms with Crippen LogP contribution in [0, 0.1) is 0 Å². The number of carbonyl (C=O) groups excluding carboxylic acids is 1. The molecule has 0 aromatic carbocycles. The number of halogens is 1. The maximum atomic E-state index is 11.2. The molecule has 1 amide bonds. The molecule has 1 N–H and O–H groups in total. The van der Waals surface area contributed by atoms with Crippen LogP contribution in [0.15, 0.2) is 15.3 Å². The van der Waals surface area contributed by atoms with Crippen molar-refractivity contribution in [3.63, 3.8) is 0 Å². The Hall–Kier alpha value is -1.04. The van der Waals surface area contributed by atoms with Crippen molar-refractivity contribution in [2.75, 3.05) is 0 Å². The smallest absolute Gasteiger partial charge is 0.408 e. The molecule has 0 atom stereocenters. The molecule has 1 rings (SSSR count). The summed E-state index contributed by atoms with van der Waals surface area (Å²) in [5, 5.41) is 2.53. The molecule has 16 heavy (non-hydrogen) atoms. The van der Waals surface area contributed by atoms with Crippen LogP contribution < -0.4 is 5.32 Å². The van der Waals surface area contributed by atoms with E-state index in [9.17, 15) is 4.79 Å². The first kappa shape index (κ1) is 15.0. The highest BCUT2D eigenvalue weighted by atomic mass is 79.9. The summed E-state index contributed by atoms with van der Waals surface area (Å²) < 4.78 is 10.7. The molecule has 1 heterocycles. The molecule has 5 nitrogen and oxygen atoms in total. The van der Waals surface area contributed by atoms with Crippen LogP contribution in [0.4, 0.5) is 4.79 Å². The maximum absolute atomic E-state index is 11.2. The van der Waals surface area contributed by atoms with E-state index in [-0.39, 0.29) is 14.0 Å². The SMILES string of the molecule is C.CC(C)(C)OC(=O)NCc1ncc(Br)o1. The summed E-state index contributed by atoms with van der Waals surface area (Å²) in [5.74, 6) is 0.424. The van der Waals surface area contributed by atoms with Crippen molar-refractivity contribution in [2.45, 2.75) is 40.3 Å². The molecular weight excluding hydrogens is 276 g/mol. The Morgan fingerprint density at radius 2 is 2.25 bits per heavy atom. The van der Waals surface area contributed by atoms with Gasteiger partial charge in [0.1, 0.15) is 5.60 Å². The summed E-state index contributed by atoms with van der Waals surface area (Å²) in [6.07, 6.45) is 1.03. The van der Waals surface area contributed by atoms with E-state index >= 15 is 0 Å². The number of rotatable bonds is 2. The first-order valence-corrected chi connectivity index (χ1v) is 5.23. The maximum Gasteiger partial charge on any atom is 0.408 e. The number of nitrogens with one attached hydrogen (secondary N) is 1. The number of amides is 1. The molecule has 0 saturated carbocycles. The molecule has 0 aliphatic rings. The van der Waals surface area contributed by atoms with Crippen LogP contribution in [0.25, 0.3) is 0 Å². The summed E-state index contributed by atoms with van der Waals surface area (Å²) in [7, 11) is 0. The fourth-order valence-electron chi connectivity index (χ4n) is 0.832. The Bertz CT molecular complexity index is 344. The van der Waals surface area contributed by atoms with Gasteiger partial charge >= 0.3 is 6.09 Å². The molecule has 0 aliphatic carbocycles. The second-order valence-electron chi connectivity index (χ2n) is 3.91. The third-order valence-corrected chi connectivity index (χ3v) is 1.67. The number of carbonyl (C=O) groups is 1. The van der Waals surface area contributed by atoms with Crippen molar-refractivity contribution in [1.29, 1.82) is 0 Å². The van der Waals surface area contributed by atoms with Gasteiger partial charge < -0.3 is 14.5 Å². The summed E-state index contributed by atoms with van der Waals surface area (Å²) in [6, 6.07) is 0. The van der Waals surface area contributed by atoms with Crippen molar-refractivity contribution in [3.8, 4) is 0 Å². The van der Waals surface area contributed by atoms with Gasteiger partial charge in [0.15, 0.2) is 4.67 Å². The Labute approximate surface area is 104 Å². The molecule has 0 aliphatic heterocycles. The van der Waals surface area contributed by atoms with Gasteiger partial charge in [-0.05, 0) is 36.7 Å². The van der Waals surface area contributed by atoms with E-state index in [0.717, 1.165) is 0 Å². The molecule has 6 heteroatoms. The first-order chi connectivity index (χ1) is 6.87. The zero-order chi connectivity index (χ0) is 11.5. The molecule has 0 radical (unpaired) electrons. The highest BCUT2D eigenvalue weighted by molar-refractivity contribution is 9.10. The number of nitrogens with zero attached hydrogens (tertiary/aromatic N) is 1. The molecule has 0 fully saturated rings. The number of aromatic nitrogens is 1. The fraction of sp³-hybridized carbons (Fsp3) is 0.600. The van der Waals surface area contributed by atoms with Crippen molar-refractivity contribution in [3.05, 3.63) is 16.8 Å². The van der Waals surface area contributed by atoms with Gasteiger partial charge in [-0.2, -0.15) is 0 Å². The van der Waals surface area contributed by atoms with E-state index in [1.165, 1.54) is 6.20 Å². The molecule has 92 valence electrons. The summed E-state index contributed by atoms with van der Waals surface area (Å²) in [5.41, 5.74) is -0.499. The van der Waals surface area contributed by atoms with E-state index in [4.69, 9.17) is 9.15 Å². The number of hydrogen-bond donors (Lipinski definition) is 1. The van der Waals surface area contributed by atoms with Gasteiger partial charge in [0, 0.05) is 0 Å². The number of hydrogen-bond acceptors (Lipinski definition) is 4. The molecular formula is C10H17BrN2O3. The van der Waals surface area contributed by atoms with Gasteiger partial charge in [0.25, 0.3) is 0 Å². The lowest BCUT2D eigenvalue weighted by Gasteiger charge is -2.19. The zero-order valence-corrected chi connectivity index (χ0v) is 10.4. The largest absolute Gasteiger partial charge is 0.444 e. The van der Waals surface area contributed by atoms with Gasteiger partial charge in [-0.1, -0.05) is 7.43 Å². The van der Waals surface area contributed by atoms with Gasteiger partial charge in [0.05, 0.1) is 12.7 Å². The average Bonchev–Trinajstić information content (AvgIpc) is 2.45. The van der Waals surface area contributed by atoms with Crippen LogP contribution in [-0.2, 0) is 11.3 Å². The zero-order valence-electron chi connectivity index (χ0n) is 8.83.